The van der Waals surface area contributed by atoms with Crippen molar-refractivity contribution < 1.29 is 10.2 Å². The van der Waals surface area contributed by atoms with E-state index in [1.807, 2.05) is 0 Å². The molecule has 2 heteroatoms. The van der Waals surface area contributed by atoms with Gasteiger partial charge in [0, 0.05) is 12.5 Å². The Morgan fingerprint density at radius 3 is 2.43 bits per heavy atom. The predicted octanol–water partition coefficient (Wildman–Crippen LogP) is 6.55. The van der Waals surface area contributed by atoms with Crippen LogP contribution in [-0.2, 0) is 0 Å². The van der Waals surface area contributed by atoms with Crippen molar-refractivity contribution in [2.75, 3.05) is 6.61 Å². The van der Waals surface area contributed by atoms with E-state index in [1.54, 1.807) is 5.57 Å². The Balaban J connectivity index is 1.76. The molecule has 3 fully saturated rings. The predicted molar refractivity (Wildman–Crippen MR) is 127 cm³/mol. The van der Waals surface area contributed by atoms with Crippen LogP contribution < -0.4 is 0 Å². The second-order valence-electron chi connectivity index (χ2n) is 11.3. The summed E-state index contributed by atoms with van der Waals surface area (Å²) in [6.07, 6.45) is 15.1. The van der Waals surface area contributed by atoms with Gasteiger partial charge in [-0.3, -0.25) is 0 Å². The van der Waals surface area contributed by atoms with Crippen molar-refractivity contribution in [2.45, 2.75) is 85.7 Å². The molecule has 3 aliphatic carbocycles. The van der Waals surface area contributed by atoms with Crippen molar-refractivity contribution in [3.05, 3.63) is 36.0 Å². The molecule has 3 saturated carbocycles. The van der Waals surface area contributed by atoms with Gasteiger partial charge in [0.2, 0.25) is 0 Å². The summed E-state index contributed by atoms with van der Waals surface area (Å²) in [5.41, 5.74) is 2.90. The summed E-state index contributed by atoms with van der Waals surface area (Å²) in [5.74, 6) is 3.72. The summed E-state index contributed by atoms with van der Waals surface area (Å²) < 4.78 is 0. The molecule has 0 heterocycles. The van der Waals surface area contributed by atoms with E-state index in [0.717, 1.165) is 24.3 Å². The normalized spacial score (nSPS) is 39.1. The fraction of sp³-hybridized carbons (Fsp3) is 0.786. The summed E-state index contributed by atoms with van der Waals surface area (Å²) in [6.45, 7) is 16.2. The van der Waals surface area contributed by atoms with Gasteiger partial charge in [-0.15, -0.1) is 0 Å². The third-order valence-corrected chi connectivity index (χ3v) is 9.25. The van der Waals surface area contributed by atoms with Crippen LogP contribution in [0.15, 0.2) is 36.0 Å². The molecule has 0 saturated heterocycles. The molecule has 30 heavy (non-hydrogen) atoms. The molecule has 5 unspecified atom stereocenters. The number of rotatable bonds is 7. The second-order valence-corrected chi connectivity index (χ2v) is 11.3. The zero-order valence-electron chi connectivity index (χ0n) is 20.1. The standard InChI is InChI=1S/C28H46O2/c1-18(2)19(3)9-10-20(4)25-12-13-26-22(8-7-15-28(25,26)6)16-23(17-29)24-11-14-27(30)21(24)5/h9-10,16,18-20,23-27,29-30H,5,7-8,11-15,17H2,1-4,6H3/b10-9+,22-16+/t19-,20+,23?,24?,25?,26-,27?,28?/m0/s1. The van der Waals surface area contributed by atoms with Crippen molar-refractivity contribution in [1.82, 2.24) is 0 Å². The molecule has 0 bridgehead atoms. The van der Waals surface area contributed by atoms with E-state index in [4.69, 9.17) is 0 Å². The lowest BCUT2D eigenvalue weighted by Crippen LogP contribution is -2.36. The van der Waals surface area contributed by atoms with Gasteiger partial charge in [-0.05, 0) is 91.4 Å². The van der Waals surface area contributed by atoms with Crippen molar-refractivity contribution in [3.8, 4) is 0 Å². The number of aliphatic hydroxyl groups excluding tert-OH is 2. The first-order valence-corrected chi connectivity index (χ1v) is 12.6. The van der Waals surface area contributed by atoms with Crippen LogP contribution in [0.1, 0.15) is 79.6 Å². The minimum absolute atomic E-state index is 0.121. The highest BCUT2D eigenvalue weighted by molar-refractivity contribution is 5.23. The first-order chi connectivity index (χ1) is 14.2. The SMILES string of the molecule is C=C1C(O)CCC1C(/C=C1\CCCC2(C)C([C@H](C)/C=C/[C@H](C)C(C)C)CC[C@@H]12)CO. The lowest BCUT2D eigenvalue weighted by Gasteiger charge is -2.44. The molecule has 0 aromatic heterocycles. The Labute approximate surface area is 185 Å². The van der Waals surface area contributed by atoms with Gasteiger partial charge in [0.1, 0.15) is 0 Å². The smallest absolute Gasteiger partial charge is 0.0750 e. The van der Waals surface area contributed by atoms with Gasteiger partial charge in [0.05, 0.1) is 6.10 Å². The Bertz CT molecular complexity index is 660. The van der Waals surface area contributed by atoms with E-state index in [1.165, 1.54) is 32.1 Å². The van der Waals surface area contributed by atoms with E-state index >= 15 is 0 Å². The third-order valence-electron chi connectivity index (χ3n) is 9.25. The van der Waals surface area contributed by atoms with Crippen LogP contribution in [0.2, 0.25) is 0 Å². The number of hydrogen-bond acceptors (Lipinski definition) is 2. The van der Waals surface area contributed by atoms with Crippen LogP contribution in [0.5, 0.6) is 0 Å². The van der Waals surface area contributed by atoms with Crippen molar-refractivity contribution in [1.29, 1.82) is 0 Å². The van der Waals surface area contributed by atoms with Crippen molar-refractivity contribution >= 4 is 0 Å². The summed E-state index contributed by atoms with van der Waals surface area (Å²) in [4.78, 5) is 0. The van der Waals surface area contributed by atoms with Gasteiger partial charge in [0.15, 0.2) is 0 Å². The van der Waals surface area contributed by atoms with Crippen molar-refractivity contribution in [3.63, 3.8) is 0 Å². The van der Waals surface area contributed by atoms with Crippen molar-refractivity contribution in [2.24, 2.45) is 46.8 Å². The van der Waals surface area contributed by atoms with E-state index in [-0.39, 0.29) is 24.5 Å². The zero-order chi connectivity index (χ0) is 22.1. The second kappa shape index (κ2) is 9.74. The van der Waals surface area contributed by atoms with E-state index in [0.29, 0.717) is 29.1 Å². The monoisotopic (exact) mass is 414 g/mol. The van der Waals surface area contributed by atoms with Gasteiger partial charge in [-0.1, -0.05) is 65.0 Å². The maximum Gasteiger partial charge on any atom is 0.0750 e. The fourth-order valence-corrected chi connectivity index (χ4v) is 6.87. The minimum Gasteiger partial charge on any atom is -0.396 e. The van der Waals surface area contributed by atoms with Crippen LogP contribution >= 0.6 is 0 Å². The zero-order valence-corrected chi connectivity index (χ0v) is 20.1. The maximum absolute atomic E-state index is 10.2. The fourth-order valence-electron chi connectivity index (χ4n) is 6.87. The first kappa shape index (κ1) is 23.8. The average Bonchev–Trinajstić information content (AvgIpc) is 3.23. The van der Waals surface area contributed by atoms with Gasteiger partial charge < -0.3 is 10.2 Å². The molecular weight excluding hydrogens is 368 g/mol. The largest absolute Gasteiger partial charge is 0.396 e. The van der Waals surface area contributed by atoms with Crippen LogP contribution in [0.25, 0.3) is 0 Å². The first-order valence-electron chi connectivity index (χ1n) is 12.6. The number of aliphatic hydroxyl groups is 2. The number of hydrogen-bond donors (Lipinski definition) is 2. The molecule has 0 radical (unpaired) electrons. The Morgan fingerprint density at radius 1 is 1.10 bits per heavy atom. The molecule has 0 aliphatic heterocycles. The average molecular weight is 415 g/mol. The van der Waals surface area contributed by atoms with Gasteiger partial charge in [-0.25, -0.2) is 0 Å². The van der Waals surface area contributed by atoms with E-state index in [9.17, 15) is 10.2 Å². The maximum atomic E-state index is 10.2. The van der Waals surface area contributed by atoms with E-state index < -0.39 is 0 Å². The lowest BCUT2D eigenvalue weighted by molar-refractivity contribution is 0.110. The molecule has 170 valence electrons. The molecule has 2 nitrogen and oxygen atoms in total. The highest BCUT2D eigenvalue weighted by Gasteiger charge is 2.50. The molecule has 3 aliphatic rings. The highest BCUT2D eigenvalue weighted by atomic mass is 16.3. The van der Waals surface area contributed by atoms with Gasteiger partial charge >= 0.3 is 0 Å². The van der Waals surface area contributed by atoms with Crippen LogP contribution in [0, 0.1) is 46.8 Å². The van der Waals surface area contributed by atoms with Gasteiger partial charge in [0.25, 0.3) is 0 Å². The summed E-state index contributed by atoms with van der Waals surface area (Å²) >= 11 is 0. The number of allylic oxidation sites excluding steroid dienone is 3. The highest BCUT2D eigenvalue weighted by Crippen LogP contribution is 2.60. The minimum atomic E-state index is -0.379. The lowest BCUT2D eigenvalue weighted by atomic mass is 9.60. The Morgan fingerprint density at radius 2 is 1.83 bits per heavy atom. The Hall–Kier alpha value is -0.860. The summed E-state index contributed by atoms with van der Waals surface area (Å²) in [6, 6.07) is 0. The summed E-state index contributed by atoms with van der Waals surface area (Å²) in [5, 5.41) is 20.3. The molecule has 0 aromatic rings. The van der Waals surface area contributed by atoms with Crippen LogP contribution in [-0.4, -0.2) is 22.9 Å². The molecule has 8 atom stereocenters. The Kier molecular flexibility index (Phi) is 7.72. The van der Waals surface area contributed by atoms with Gasteiger partial charge in [-0.2, -0.15) is 0 Å². The number of fused-ring (bicyclic) bond motifs is 1. The van der Waals surface area contributed by atoms with E-state index in [2.05, 4.69) is 59.4 Å². The molecule has 0 aromatic carbocycles. The molecule has 3 rings (SSSR count). The molecular formula is C28H46O2. The quantitative estimate of drug-likeness (QED) is 0.464. The molecule has 0 amide bonds. The molecule has 0 spiro atoms. The van der Waals surface area contributed by atoms with Crippen LogP contribution in [0.3, 0.4) is 0 Å². The summed E-state index contributed by atoms with van der Waals surface area (Å²) in [7, 11) is 0. The molecule has 2 N–H and O–H groups in total. The van der Waals surface area contributed by atoms with Crippen LogP contribution in [0.4, 0.5) is 0 Å². The third kappa shape index (κ3) is 4.65. The topological polar surface area (TPSA) is 40.5 Å².